The van der Waals surface area contributed by atoms with Crippen LogP contribution in [0.1, 0.15) is 13.3 Å². The number of nitrogens with one attached hydrogen (secondary N) is 1. The Morgan fingerprint density at radius 1 is 1.14 bits per heavy atom. The highest BCUT2D eigenvalue weighted by atomic mass is 32.2. The van der Waals surface area contributed by atoms with Gasteiger partial charge in [-0.1, -0.05) is 13.0 Å². The summed E-state index contributed by atoms with van der Waals surface area (Å²) in [6, 6.07) is 12.9. The Balaban J connectivity index is 2.13. The Hall–Kier alpha value is -2.21. The van der Waals surface area contributed by atoms with Gasteiger partial charge in [0.1, 0.15) is 5.75 Å². The van der Waals surface area contributed by atoms with Crippen molar-refractivity contribution in [3.05, 3.63) is 48.5 Å². The van der Waals surface area contributed by atoms with Crippen molar-refractivity contribution in [1.29, 1.82) is 0 Å². The number of anilines is 2. The van der Waals surface area contributed by atoms with Gasteiger partial charge in [0.2, 0.25) is 0 Å². The average Bonchev–Trinajstić information content (AvgIpc) is 2.46. The minimum atomic E-state index is -3.64. The molecule has 21 heavy (non-hydrogen) atoms. The summed E-state index contributed by atoms with van der Waals surface area (Å²) in [6.45, 7) is 2.66. The topological polar surface area (TPSA) is 81.4 Å². The van der Waals surface area contributed by atoms with Crippen LogP contribution >= 0.6 is 0 Å². The second-order valence-corrected chi connectivity index (χ2v) is 6.23. The molecule has 0 fully saturated rings. The van der Waals surface area contributed by atoms with Gasteiger partial charge < -0.3 is 10.5 Å². The third kappa shape index (κ3) is 4.13. The standard InChI is InChI=1S/C15H18N2O3S/c1-2-10-20-14-8-6-13(7-9-14)17-21(18,19)15-5-3-4-12(16)11-15/h3-9,11,17H,2,10,16H2,1H3. The van der Waals surface area contributed by atoms with Gasteiger partial charge >= 0.3 is 0 Å². The summed E-state index contributed by atoms with van der Waals surface area (Å²) in [6.07, 6.45) is 0.920. The summed E-state index contributed by atoms with van der Waals surface area (Å²) in [7, 11) is -3.64. The van der Waals surface area contributed by atoms with Crippen molar-refractivity contribution in [3.63, 3.8) is 0 Å². The smallest absolute Gasteiger partial charge is 0.261 e. The molecule has 0 spiro atoms. The fourth-order valence-corrected chi connectivity index (χ4v) is 2.85. The molecule has 0 aliphatic carbocycles. The fourth-order valence-electron chi connectivity index (χ4n) is 1.73. The maximum Gasteiger partial charge on any atom is 0.261 e. The number of ether oxygens (including phenoxy) is 1. The average molecular weight is 306 g/mol. The molecule has 3 N–H and O–H groups in total. The second kappa shape index (κ2) is 6.49. The Morgan fingerprint density at radius 3 is 2.48 bits per heavy atom. The van der Waals surface area contributed by atoms with Gasteiger partial charge in [0.25, 0.3) is 10.0 Å². The van der Waals surface area contributed by atoms with Crippen molar-refractivity contribution >= 4 is 21.4 Å². The Kier molecular flexibility index (Phi) is 4.70. The molecule has 2 aromatic carbocycles. The maximum atomic E-state index is 12.2. The van der Waals surface area contributed by atoms with Crippen molar-refractivity contribution < 1.29 is 13.2 Å². The fraction of sp³-hybridized carbons (Fsp3) is 0.200. The monoisotopic (exact) mass is 306 g/mol. The largest absolute Gasteiger partial charge is 0.494 e. The van der Waals surface area contributed by atoms with Crippen LogP contribution in [0.25, 0.3) is 0 Å². The summed E-state index contributed by atoms with van der Waals surface area (Å²) in [5.74, 6) is 0.712. The SMILES string of the molecule is CCCOc1ccc(NS(=O)(=O)c2cccc(N)c2)cc1. The Morgan fingerprint density at radius 2 is 1.86 bits per heavy atom. The quantitative estimate of drug-likeness (QED) is 0.804. The van der Waals surface area contributed by atoms with E-state index in [1.54, 1.807) is 36.4 Å². The number of nitrogen functional groups attached to an aromatic ring is 1. The van der Waals surface area contributed by atoms with Gasteiger partial charge in [-0.3, -0.25) is 4.72 Å². The number of hydrogen-bond acceptors (Lipinski definition) is 4. The molecule has 2 aromatic rings. The van der Waals surface area contributed by atoms with E-state index in [4.69, 9.17) is 10.5 Å². The molecule has 112 valence electrons. The molecule has 6 heteroatoms. The maximum absolute atomic E-state index is 12.2. The molecule has 0 aromatic heterocycles. The molecule has 0 saturated heterocycles. The minimum absolute atomic E-state index is 0.133. The van der Waals surface area contributed by atoms with Crippen LogP contribution in [0.4, 0.5) is 11.4 Å². The lowest BCUT2D eigenvalue weighted by atomic mass is 10.3. The van der Waals surface area contributed by atoms with Crippen LogP contribution in [0.3, 0.4) is 0 Å². The molecule has 5 nitrogen and oxygen atoms in total. The second-order valence-electron chi connectivity index (χ2n) is 4.55. The van der Waals surface area contributed by atoms with Crippen LogP contribution in [0, 0.1) is 0 Å². The lowest BCUT2D eigenvalue weighted by Gasteiger charge is -2.10. The summed E-state index contributed by atoms with van der Waals surface area (Å²) in [5, 5.41) is 0. The highest BCUT2D eigenvalue weighted by Crippen LogP contribution is 2.20. The van der Waals surface area contributed by atoms with E-state index in [1.165, 1.54) is 12.1 Å². The van der Waals surface area contributed by atoms with Gasteiger partial charge in [-0.25, -0.2) is 8.42 Å². The van der Waals surface area contributed by atoms with Gasteiger partial charge in [-0.15, -0.1) is 0 Å². The first-order chi connectivity index (χ1) is 10.0. The van der Waals surface area contributed by atoms with Crippen molar-refractivity contribution in [2.75, 3.05) is 17.1 Å². The first kappa shape index (κ1) is 15.2. The third-order valence-electron chi connectivity index (χ3n) is 2.75. The molecule has 0 aliphatic rings. The van der Waals surface area contributed by atoms with E-state index in [1.807, 2.05) is 6.92 Å². The van der Waals surface area contributed by atoms with Crippen LogP contribution in [0.15, 0.2) is 53.4 Å². The van der Waals surface area contributed by atoms with E-state index < -0.39 is 10.0 Å². The van der Waals surface area contributed by atoms with Crippen LogP contribution in [0.2, 0.25) is 0 Å². The molecule has 0 bridgehead atoms. The van der Waals surface area contributed by atoms with E-state index >= 15 is 0 Å². The Bertz CT molecular complexity index is 697. The highest BCUT2D eigenvalue weighted by Gasteiger charge is 2.14. The summed E-state index contributed by atoms with van der Waals surface area (Å²) >= 11 is 0. The number of sulfonamides is 1. The predicted octanol–water partition coefficient (Wildman–Crippen LogP) is 2.86. The van der Waals surface area contributed by atoms with Gasteiger partial charge in [0, 0.05) is 11.4 Å². The van der Waals surface area contributed by atoms with E-state index in [2.05, 4.69) is 4.72 Å². The highest BCUT2D eigenvalue weighted by molar-refractivity contribution is 7.92. The van der Waals surface area contributed by atoms with Crippen LogP contribution in [0.5, 0.6) is 5.75 Å². The summed E-state index contributed by atoms with van der Waals surface area (Å²) in [5.41, 5.74) is 6.48. The van der Waals surface area contributed by atoms with E-state index in [9.17, 15) is 8.42 Å². The predicted molar refractivity (Wildman–Crippen MR) is 83.9 cm³/mol. The molecule has 0 unspecified atom stereocenters. The Labute approximate surface area is 124 Å². The van der Waals surface area contributed by atoms with Crippen LogP contribution < -0.4 is 15.2 Å². The normalized spacial score (nSPS) is 11.1. The van der Waals surface area contributed by atoms with Gasteiger partial charge in [0.05, 0.1) is 11.5 Å². The zero-order chi connectivity index (χ0) is 15.3. The molecule has 0 radical (unpaired) electrons. The van der Waals surface area contributed by atoms with E-state index in [0.29, 0.717) is 23.7 Å². The van der Waals surface area contributed by atoms with Crippen molar-refractivity contribution in [2.45, 2.75) is 18.2 Å². The molecule has 0 saturated carbocycles. The molecular formula is C15H18N2O3S. The van der Waals surface area contributed by atoms with E-state index in [-0.39, 0.29) is 4.90 Å². The summed E-state index contributed by atoms with van der Waals surface area (Å²) in [4.78, 5) is 0.133. The summed E-state index contributed by atoms with van der Waals surface area (Å²) < 4.78 is 32.4. The zero-order valence-electron chi connectivity index (χ0n) is 11.7. The molecule has 0 atom stereocenters. The van der Waals surface area contributed by atoms with Crippen molar-refractivity contribution in [2.24, 2.45) is 0 Å². The van der Waals surface area contributed by atoms with Crippen LogP contribution in [-0.4, -0.2) is 15.0 Å². The van der Waals surface area contributed by atoms with Crippen LogP contribution in [-0.2, 0) is 10.0 Å². The minimum Gasteiger partial charge on any atom is -0.494 e. The number of nitrogens with two attached hydrogens (primary N) is 1. The first-order valence-electron chi connectivity index (χ1n) is 6.62. The molecule has 0 aliphatic heterocycles. The molecular weight excluding hydrogens is 288 g/mol. The van der Waals surface area contributed by atoms with Gasteiger partial charge in [0.15, 0.2) is 0 Å². The number of rotatable bonds is 6. The van der Waals surface area contributed by atoms with E-state index in [0.717, 1.165) is 6.42 Å². The lowest BCUT2D eigenvalue weighted by Crippen LogP contribution is -2.13. The van der Waals surface area contributed by atoms with Crippen molar-refractivity contribution in [3.8, 4) is 5.75 Å². The van der Waals surface area contributed by atoms with Gasteiger partial charge in [-0.05, 0) is 48.9 Å². The molecule has 0 heterocycles. The first-order valence-corrected chi connectivity index (χ1v) is 8.11. The number of benzene rings is 2. The van der Waals surface area contributed by atoms with Gasteiger partial charge in [-0.2, -0.15) is 0 Å². The molecule has 0 amide bonds. The third-order valence-corrected chi connectivity index (χ3v) is 4.13. The molecule has 2 rings (SSSR count). The van der Waals surface area contributed by atoms with Crippen molar-refractivity contribution in [1.82, 2.24) is 0 Å². The number of hydrogen-bond donors (Lipinski definition) is 2. The zero-order valence-corrected chi connectivity index (χ0v) is 12.6. The lowest BCUT2D eigenvalue weighted by molar-refractivity contribution is 0.317.